The van der Waals surface area contributed by atoms with E-state index in [0.717, 1.165) is 67.1 Å². The van der Waals surface area contributed by atoms with E-state index >= 15 is 0 Å². The van der Waals surface area contributed by atoms with Crippen molar-refractivity contribution in [1.29, 1.82) is 0 Å². The highest BCUT2D eigenvalue weighted by Crippen LogP contribution is 2.41. The second kappa shape index (κ2) is 13.1. The van der Waals surface area contributed by atoms with E-state index in [2.05, 4.69) is 191 Å². The van der Waals surface area contributed by atoms with Crippen LogP contribution < -0.4 is 0 Å². The molecule has 0 radical (unpaired) electrons. The minimum absolute atomic E-state index is 0.931. The molecule has 11 aromatic rings. The number of hydrogen-bond acceptors (Lipinski definition) is 2. The molecule has 4 aromatic heterocycles. The molecule has 4 nitrogen and oxygen atoms in total. The third kappa shape index (κ3) is 5.23. The van der Waals surface area contributed by atoms with Crippen molar-refractivity contribution in [2.45, 2.75) is 0 Å². The lowest BCUT2D eigenvalue weighted by Gasteiger charge is -2.13. The Morgan fingerprint density at radius 3 is 1.73 bits per heavy atom. The van der Waals surface area contributed by atoms with Crippen LogP contribution in [-0.2, 0) is 0 Å². The number of pyridine rings is 2. The number of nitrogens with zero attached hydrogens (tertiary/aromatic N) is 4. The standard InChI is InChI=1S/C52H34N4/c1-4-15-35(16-5-1)46-32-39(33-47(54-46)36-17-6-2-7-18-36)37-19-12-22-41(31-37)56-50-34-38(28-29-43(50)44-25-14-30-53-52(44)56)42-24-13-27-49-51(42)45-23-10-11-26-48(45)55(49)40-20-8-3-9-21-40/h1-34H. The van der Waals surface area contributed by atoms with Gasteiger partial charge in [-0.3, -0.25) is 4.57 Å². The average Bonchev–Trinajstić information content (AvgIpc) is 3.80. The predicted molar refractivity (Wildman–Crippen MR) is 232 cm³/mol. The highest BCUT2D eigenvalue weighted by Gasteiger charge is 2.19. The van der Waals surface area contributed by atoms with Gasteiger partial charge in [0.25, 0.3) is 0 Å². The van der Waals surface area contributed by atoms with E-state index in [9.17, 15) is 0 Å². The summed E-state index contributed by atoms with van der Waals surface area (Å²) >= 11 is 0. The van der Waals surface area contributed by atoms with Crippen molar-refractivity contribution in [1.82, 2.24) is 19.1 Å². The largest absolute Gasteiger partial charge is 0.309 e. The second-order valence-corrected chi connectivity index (χ2v) is 14.2. The van der Waals surface area contributed by atoms with Gasteiger partial charge in [-0.25, -0.2) is 9.97 Å². The minimum atomic E-state index is 0.931. The van der Waals surface area contributed by atoms with Crippen molar-refractivity contribution in [3.8, 4) is 56.1 Å². The van der Waals surface area contributed by atoms with Crippen LogP contribution in [0.3, 0.4) is 0 Å². The molecule has 262 valence electrons. The molecule has 0 amide bonds. The number of fused-ring (bicyclic) bond motifs is 6. The third-order valence-corrected chi connectivity index (χ3v) is 11.0. The Balaban J connectivity index is 1.11. The molecule has 11 rings (SSSR count). The summed E-state index contributed by atoms with van der Waals surface area (Å²) in [5.41, 5.74) is 15.3. The maximum Gasteiger partial charge on any atom is 0.145 e. The van der Waals surface area contributed by atoms with Crippen LogP contribution in [0.1, 0.15) is 0 Å². The normalized spacial score (nSPS) is 11.6. The molecular weight excluding hydrogens is 681 g/mol. The van der Waals surface area contributed by atoms with E-state index in [1.54, 1.807) is 0 Å². The Bertz CT molecular complexity index is 3170. The summed E-state index contributed by atoms with van der Waals surface area (Å²) in [5, 5.41) is 4.78. The summed E-state index contributed by atoms with van der Waals surface area (Å²) in [5.74, 6) is 0. The molecule has 0 atom stereocenters. The van der Waals surface area contributed by atoms with Gasteiger partial charge in [-0.05, 0) is 89.0 Å². The van der Waals surface area contributed by atoms with Gasteiger partial charge in [0.2, 0.25) is 0 Å². The summed E-state index contributed by atoms with van der Waals surface area (Å²) in [6, 6.07) is 71.2. The molecule has 7 aromatic carbocycles. The van der Waals surface area contributed by atoms with Crippen molar-refractivity contribution in [3.63, 3.8) is 0 Å². The highest BCUT2D eigenvalue weighted by atomic mass is 15.0. The van der Waals surface area contributed by atoms with Crippen LogP contribution in [0.2, 0.25) is 0 Å². The molecule has 0 bridgehead atoms. The molecule has 0 saturated carbocycles. The van der Waals surface area contributed by atoms with Crippen molar-refractivity contribution < 1.29 is 0 Å². The molecule has 0 unspecified atom stereocenters. The van der Waals surface area contributed by atoms with E-state index in [1.165, 1.54) is 32.8 Å². The van der Waals surface area contributed by atoms with E-state index in [1.807, 2.05) is 24.4 Å². The summed E-state index contributed by atoms with van der Waals surface area (Å²) in [6.45, 7) is 0. The van der Waals surface area contributed by atoms with Gasteiger partial charge >= 0.3 is 0 Å². The average molecular weight is 715 g/mol. The van der Waals surface area contributed by atoms with Crippen LogP contribution in [0.5, 0.6) is 0 Å². The second-order valence-electron chi connectivity index (χ2n) is 14.2. The van der Waals surface area contributed by atoms with Gasteiger partial charge < -0.3 is 4.57 Å². The van der Waals surface area contributed by atoms with E-state index < -0.39 is 0 Å². The van der Waals surface area contributed by atoms with Crippen LogP contribution in [0.4, 0.5) is 0 Å². The van der Waals surface area contributed by atoms with Crippen LogP contribution >= 0.6 is 0 Å². The van der Waals surface area contributed by atoms with Gasteiger partial charge in [-0.1, -0.05) is 133 Å². The summed E-state index contributed by atoms with van der Waals surface area (Å²) < 4.78 is 4.70. The van der Waals surface area contributed by atoms with Crippen molar-refractivity contribution in [3.05, 3.63) is 206 Å². The maximum atomic E-state index is 5.13. The maximum absolute atomic E-state index is 5.13. The van der Waals surface area contributed by atoms with Crippen LogP contribution in [0.25, 0.3) is 99.9 Å². The Labute approximate surface area is 324 Å². The SMILES string of the molecule is c1ccc(-c2cc(-c3cccc(-n4c5cc(-c6cccc7c6c6ccccc6n7-c6ccccc6)ccc5c5cccnc54)c3)cc(-c3ccccc3)n2)cc1. The lowest BCUT2D eigenvalue weighted by molar-refractivity contribution is 1.14. The lowest BCUT2D eigenvalue weighted by Crippen LogP contribution is -1.97. The number of aromatic nitrogens is 4. The fourth-order valence-corrected chi connectivity index (χ4v) is 8.42. The third-order valence-electron chi connectivity index (χ3n) is 11.0. The van der Waals surface area contributed by atoms with Gasteiger partial charge in [0.15, 0.2) is 0 Å². The lowest BCUT2D eigenvalue weighted by atomic mass is 9.98. The Kier molecular flexibility index (Phi) is 7.46. The van der Waals surface area contributed by atoms with Crippen LogP contribution in [0, 0.1) is 0 Å². The Morgan fingerprint density at radius 2 is 0.964 bits per heavy atom. The van der Waals surface area contributed by atoms with Crippen molar-refractivity contribution in [2.24, 2.45) is 0 Å². The summed E-state index contributed by atoms with van der Waals surface area (Å²) in [4.78, 5) is 10.1. The number of para-hydroxylation sites is 2. The number of rotatable bonds is 6. The highest BCUT2D eigenvalue weighted by molar-refractivity contribution is 6.17. The van der Waals surface area contributed by atoms with Gasteiger partial charge in [0.1, 0.15) is 5.65 Å². The molecule has 0 spiro atoms. The fraction of sp³-hybridized carbons (Fsp3) is 0. The van der Waals surface area contributed by atoms with E-state index in [0.29, 0.717) is 0 Å². The van der Waals surface area contributed by atoms with E-state index in [-0.39, 0.29) is 0 Å². The van der Waals surface area contributed by atoms with Gasteiger partial charge in [0.05, 0.1) is 27.9 Å². The molecular formula is C52H34N4. The zero-order chi connectivity index (χ0) is 37.0. The van der Waals surface area contributed by atoms with Crippen LogP contribution in [-0.4, -0.2) is 19.1 Å². The monoisotopic (exact) mass is 714 g/mol. The number of benzene rings is 7. The molecule has 0 fully saturated rings. The molecule has 0 aliphatic heterocycles. The molecule has 4 heteroatoms. The first-order valence-corrected chi connectivity index (χ1v) is 19.0. The van der Waals surface area contributed by atoms with Crippen LogP contribution in [0.15, 0.2) is 206 Å². The first kappa shape index (κ1) is 31.9. The summed E-state index contributed by atoms with van der Waals surface area (Å²) in [7, 11) is 0. The fourth-order valence-electron chi connectivity index (χ4n) is 8.42. The smallest absolute Gasteiger partial charge is 0.145 e. The Hall–Kier alpha value is -7.56. The molecule has 0 aliphatic carbocycles. The van der Waals surface area contributed by atoms with Gasteiger partial charge in [0, 0.05) is 50.2 Å². The molecule has 0 saturated heterocycles. The first-order chi connectivity index (χ1) is 27.8. The van der Waals surface area contributed by atoms with Crippen molar-refractivity contribution in [2.75, 3.05) is 0 Å². The zero-order valence-electron chi connectivity index (χ0n) is 30.4. The first-order valence-electron chi connectivity index (χ1n) is 19.0. The molecule has 0 N–H and O–H groups in total. The van der Waals surface area contributed by atoms with E-state index in [4.69, 9.17) is 9.97 Å². The molecule has 4 heterocycles. The summed E-state index contributed by atoms with van der Waals surface area (Å²) in [6.07, 6.45) is 1.89. The van der Waals surface area contributed by atoms with Gasteiger partial charge in [-0.2, -0.15) is 0 Å². The topological polar surface area (TPSA) is 35.6 Å². The quantitative estimate of drug-likeness (QED) is 0.172. The molecule has 0 aliphatic rings. The Morgan fingerprint density at radius 1 is 0.339 bits per heavy atom. The zero-order valence-corrected chi connectivity index (χ0v) is 30.4. The van der Waals surface area contributed by atoms with Crippen molar-refractivity contribution >= 4 is 43.7 Å². The molecule has 56 heavy (non-hydrogen) atoms. The minimum Gasteiger partial charge on any atom is -0.309 e. The van der Waals surface area contributed by atoms with Gasteiger partial charge in [-0.15, -0.1) is 0 Å². The predicted octanol–water partition coefficient (Wildman–Crippen LogP) is 13.3. The number of hydrogen-bond donors (Lipinski definition) is 0.